The summed E-state index contributed by atoms with van der Waals surface area (Å²) in [6, 6.07) is 4.14. The summed E-state index contributed by atoms with van der Waals surface area (Å²) in [4.78, 5) is 21.8. The van der Waals surface area contributed by atoms with Gasteiger partial charge >= 0.3 is 5.97 Å². The molecule has 0 aliphatic carbocycles. The van der Waals surface area contributed by atoms with E-state index in [1.807, 2.05) is 0 Å². The molecule has 3 N–H and O–H groups in total. The van der Waals surface area contributed by atoms with Gasteiger partial charge in [-0.3, -0.25) is 9.59 Å². The van der Waals surface area contributed by atoms with Gasteiger partial charge in [-0.2, -0.15) is 0 Å². The highest BCUT2D eigenvalue weighted by atomic mass is 32.2. The third-order valence-electron chi connectivity index (χ3n) is 2.97. The van der Waals surface area contributed by atoms with Gasteiger partial charge in [0, 0.05) is 25.6 Å². The average molecular weight is 360 g/mol. The number of sulfonamides is 1. The summed E-state index contributed by atoms with van der Waals surface area (Å²) in [6.45, 7) is -0.119. The van der Waals surface area contributed by atoms with Crippen LogP contribution in [0.3, 0.4) is 0 Å². The van der Waals surface area contributed by atoms with E-state index in [2.05, 4.69) is 10.0 Å². The van der Waals surface area contributed by atoms with Crippen LogP contribution in [0.5, 0.6) is 11.5 Å². The molecule has 9 nitrogen and oxygen atoms in total. The number of nitrogens with one attached hydrogen (secondary N) is 2. The van der Waals surface area contributed by atoms with E-state index in [0.717, 1.165) is 0 Å². The molecule has 0 unspecified atom stereocenters. The number of ether oxygens (including phenoxy) is 2. The molecule has 0 heterocycles. The van der Waals surface area contributed by atoms with Crippen LogP contribution in [-0.2, 0) is 19.6 Å². The summed E-state index contributed by atoms with van der Waals surface area (Å²) < 4.78 is 36.7. The number of carboxylic acids is 1. The molecule has 0 aliphatic heterocycles. The minimum Gasteiger partial charge on any atom is -0.493 e. The van der Waals surface area contributed by atoms with Gasteiger partial charge < -0.3 is 19.9 Å². The second-order valence-corrected chi connectivity index (χ2v) is 6.43. The molecule has 0 bridgehead atoms. The van der Waals surface area contributed by atoms with Gasteiger partial charge in [0.25, 0.3) is 0 Å². The Morgan fingerprint density at radius 3 is 2.33 bits per heavy atom. The van der Waals surface area contributed by atoms with E-state index in [4.69, 9.17) is 14.6 Å². The van der Waals surface area contributed by atoms with Crippen LogP contribution in [0.1, 0.15) is 12.8 Å². The fourth-order valence-corrected chi connectivity index (χ4v) is 2.81. The molecule has 1 amide bonds. The van der Waals surface area contributed by atoms with Crippen LogP contribution in [0, 0.1) is 0 Å². The van der Waals surface area contributed by atoms with E-state index in [1.54, 1.807) is 0 Å². The van der Waals surface area contributed by atoms with Crippen LogP contribution in [0.2, 0.25) is 0 Å². The predicted octanol–water partition coefficient (Wildman–Crippen LogP) is -0.0369. The second kappa shape index (κ2) is 9.08. The zero-order valence-corrected chi connectivity index (χ0v) is 14.2. The monoisotopic (exact) mass is 360 g/mol. The van der Waals surface area contributed by atoms with E-state index in [9.17, 15) is 18.0 Å². The number of benzene rings is 1. The van der Waals surface area contributed by atoms with Crippen molar-refractivity contribution in [3.05, 3.63) is 18.2 Å². The normalized spacial score (nSPS) is 10.9. The van der Waals surface area contributed by atoms with Crippen molar-refractivity contribution < 1.29 is 32.6 Å². The molecular formula is C14H20N2O7S. The van der Waals surface area contributed by atoms with Crippen molar-refractivity contribution in [2.45, 2.75) is 17.7 Å². The van der Waals surface area contributed by atoms with Crippen molar-refractivity contribution in [1.29, 1.82) is 0 Å². The summed E-state index contributed by atoms with van der Waals surface area (Å²) in [5.41, 5.74) is 0. The zero-order chi connectivity index (χ0) is 18.2. The number of carboxylic acid groups (broad SMARTS) is 1. The fourth-order valence-electron chi connectivity index (χ4n) is 1.76. The number of hydrogen-bond acceptors (Lipinski definition) is 6. The molecule has 1 rings (SSSR count). The van der Waals surface area contributed by atoms with Crippen LogP contribution in [0.4, 0.5) is 0 Å². The van der Waals surface area contributed by atoms with Crippen molar-refractivity contribution >= 4 is 21.9 Å². The molecular weight excluding hydrogens is 340 g/mol. The van der Waals surface area contributed by atoms with Crippen molar-refractivity contribution in [3.8, 4) is 11.5 Å². The summed E-state index contributed by atoms with van der Waals surface area (Å²) >= 11 is 0. The minimum atomic E-state index is -3.81. The lowest BCUT2D eigenvalue weighted by Crippen LogP contribution is -2.31. The van der Waals surface area contributed by atoms with Crippen LogP contribution in [0.15, 0.2) is 23.1 Å². The van der Waals surface area contributed by atoms with Crippen molar-refractivity contribution in [2.75, 3.05) is 27.3 Å². The number of hydrogen-bond donors (Lipinski definition) is 3. The highest BCUT2D eigenvalue weighted by Crippen LogP contribution is 2.29. The second-order valence-electron chi connectivity index (χ2n) is 4.66. The Morgan fingerprint density at radius 2 is 1.75 bits per heavy atom. The Bertz CT molecular complexity index is 688. The Kier molecular flexibility index (Phi) is 7.46. The van der Waals surface area contributed by atoms with Gasteiger partial charge in [0.2, 0.25) is 15.9 Å². The first kappa shape index (κ1) is 19.7. The number of carbonyl (C=O) groups excluding carboxylic acids is 1. The largest absolute Gasteiger partial charge is 0.493 e. The Hall–Kier alpha value is -2.33. The summed E-state index contributed by atoms with van der Waals surface area (Å²) in [6.07, 6.45) is -0.296. The molecule has 0 spiro atoms. The SMILES string of the molecule is COc1ccc(S(=O)(=O)NCCC(=O)NCCC(=O)O)cc1OC. The van der Waals surface area contributed by atoms with Gasteiger partial charge in [0.05, 0.1) is 25.5 Å². The maximum absolute atomic E-state index is 12.2. The molecule has 0 aromatic heterocycles. The lowest BCUT2D eigenvalue weighted by atomic mass is 10.3. The molecule has 24 heavy (non-hydrogen) atoms. The molecule has 0 saturated heterocycles. The highest BCUT2D eigenvalue weighted by molar-refractivity contribution is 7.89. The molecule has 0 saturated carbocycles. The molecule has 0 fully saturated rings. The van der Waals surface area contributed by atoms with E-state index in [1.165, 1.54) is 32.4 Å². The van der Waals surface area contributed by atoms with E-state index < -0.39 is 21.9 Å². The van der Waals surface area contributed by atoms with Gasteiger partial charge in [-0.05, 0) is 12.1 Å². The number of amides is 1. The van der Waals surface area contributed by atoms with Crippen LogP contribution in [0.25, 0.3) is 0 Å². The van der Waals surface area contributed by atoms with Gasteiger partial charge in [-0.1, -0.05) is 0 Å². The predicted molar refractivity (Wildman–Crippen MR) is 84.6 cm³/mol. The molecule has 10 heteroatoms. The van der Waals surface area contributed by atoms with Gasteiger partial charge in [-0.15, -0.1) is 0 Å². The minimum absolute atomic E-state index is 0.00338. The first-order valence-electron chi connectivity index (χ1n) is 7.00. The summed E-state index contributed by atoms with van der Waals surface area (Å²) in [7, 11) is -0.977. The summed E-state index contributed by atoms with van der Waals surface area (Å²) in [5.74, 6) is -0.795. The Morgan fingerprint density at radius 1 is 1.08 bits per heavy atom. The number of rotatable bonds is 10. The number of methoxy groups -OCH3 is 2. The zero-order valence-electron chi connectivity index (χ0n) is 13.4. The standard InChI is InChI=1S/C14H20N2O7S/c1-22-11-4-3-10(9-12(11)23-2)24(20,21)16-8-5-13(17)15-7-6-14(18)19/h3-4,9,16H,5-8H2,1-2H3,(H,15,17)(H,18,19). The van der Waals surface area contributed by atoms with Crippen molar-refractivity contribution in [2.24, 2.45) is 0 Å². The smallest absolute Gasteiger partial charge is 0.305 e. The third kappa shape index (κ3) is 6.05. The molecule has 0 atom stereocenters. The van der Waals surface area contributed by atoms with E-state index in [0.29, 0.717) is 5.75 Å². The van der Waals surface area contributed by atoms with Crippen LogP contribution < -0.4 is 19.5 Å². The molecule has 0 aliphatic rings. The first-order valence-corrected chi connectivity index (χ1v) is 8.48. The molecule has 1 aromatic rings. The van der Waals surface area contributed by atoms with Crippen molar-refractivity contribution in [1.82, 2.24) is 10.0 Å². The van der Waals surface area contributed by atoms with E-state index >= 15 is 0 Å². The Balaban J connectivity index is 2.58. The quantitative estimate of drug-likeness (QED) is 0.534. The molecule has 134 valence electrons. The van der Waals surface area contributed by atoms with Crippen molar-refractivity contribution in [3.63, 3.8) is 0 Å². The number of aliphatic carboxylic acids is 1. The summed E-state index contributed by atoms with van der Waals surface area (Å²) in [5, 5.41) is 10.8. The third-order valence-corrected chi connectivity index (χ3v) is 4.43. The maximum Gasteiger partial charge on any atom is 0.305 e. The topological polar surface area (TPSA) is 131 Å². The number of carbonyl (C=O) groups is 2. The lowest BCUT2D eigenvalue weighted by Gasteiger charge is -2.11. The van der Waals surface area contributed by atoms with E-state index in [-0.39, 0.29) is 36.6 Å². The molecule has 1 aromatic carbocycles. The van der Waals surface area contributed by atoms with Crippen LogP contribution >= 0.6 is 0 Å². The average Bonchev–Trinajstić information content (AvgIpc) is 2.53. The Labute approximate surface area is 140 Å². The fraction of sp³-hybridized carbons (Fsp3) is 0.429. The van der Waals surface area contributed by atoms with Gasteiger partial charge in [-0.25, -0.2) is 13.1 Å². The van der Waals surface area contributed by atoms with Crippen LogP contribution in [-0.4, -0.2) is 52.7 Å². The maximum atomic E-state index is 12.2. The van der Waals surface area contributed by atoms with Gasteiger partial charge in [0.15, 0.2) is 11.5 Å². The van der Waals surface area contributed by atoms with Gasteiger partial charge in [0.1, 0.15) is 0 Å². The first-order chi connectivity index (χ1) is 11.3. The highest BCUT2D eigenvalue weighted by Gasteiger charge is 2.17. The lowest BCUT2D eigenvalue weighted by molar-refractivity contribution is -0.136. The molecule has 0 radical (unpaired) electrons.